The predicted molar refractivity (Wildman–Crippen MR) is 150 cm³/mol. The second kappa shape index (κ2) is 9.10. The van der Waals surface area contributed by atoms with Crippen LogP contribution in [-0.4, -0.2) is 46.7 Å². The first kappa shape index (κ1) is 23.9. The minimum atomic E-state index is -0.862. The number of carbonyl (C=O) groups is 1. The number of hydrogen-bond acceptors (Lipinski definition) is 6. The van der Waals surface area contributed by atoms with Crippen LogP contribution in [0, 0.1) is 13.8 Å². The highest BCUT2D eigenvalue weighted by Crippen LogP contribution is 2.44. The number of nitrogens with zero attached hydrogens (tertiary/aromatic N) is 4. The Bertz CT molecular complexity index is 1730. The average Bonchev–Trinajstić information content (AvgIpc) is 2.91. The van der Waals surface area contributed by atoms with Crippen molar-refractivity contribution in [3.05, 3.63) is 77.2 Å². The van der Waals surface area contributed by atoms with Gasteiger partial charge in [-0.15, -0.1) is 0 Å². The van der Waals surface area contributed by atoms with Gasteiger partial charge in [-0.1, -0.05) is 18.2 Å². The molecule has 0 aliphatic carbocycles. The summed E-state index contributed by atoms with van der Waals surface area (Å²) in [4.78, 5) is 27.6. The largest absolute Gasteiger partial charge is 0.493 e. The third-order valence-corrected chi connectivity index (χ3v) is 7.44. The highest BCUT2D eigenvalue weighted by Gasteiger charge is 2.23. The molecule has 7 heteroatoms. The molecule has 0 spiro atoms. The van der Waals surface area contributed by atoms with Gasteiger partial charge in [0.15, 0.2) is 0 Å². The van der Waals surface area contributed by atoms with Crippen molar-refractivity contribution >= 4 is 33.6 Å². The molecule has 2 aromatic heterocycles. The topological polar surface area (TPSA) is 88.4 Å². The molecule has 1 aliphatic rings. The fourth-order valence-electron chi connectivity index (χ4n) is 5.59. The number of aromatic nitrogens is 3. The van der Waals surface area contributed by atoms with Gasteiger partial charge in [0.1, 0.15) is 5.75 Å². The van der Waals surface area contributed by atoms with Gasteiger partial charge in [0.2, 0.25) is 5.95 Å². The molecule has 38 heavy (non-hydrogen) atoms. The lowest BCUT2D eigenvalue weighted by atomic mass is 9.84. The number of carboxylic acids is 1. The number of pyridine rings is 1. The van der Waals surface area contributed by atoms with E-state index in [1.807, 2.05) is 62.7 Å². The summed E-state index contributed by atoms with van der Waals surface area (Å²) >= 11 is 0. The summed E-state index contributed by atoms with van der Waals surface area (Å²) in [6.07, 6.45) is 6.28. The number of rotatable bonds is 5. The molecule has 3 heterocycles. The number of fused-ring (bicyclic) bond motifs is 1. The van der Waals surface area contributed by atoms with E-state index in [2.05, 4.69) is 35.1 Å². The highest BCUT2D eigenvalue weighted by molar-refractivity contribution is 6.10. The monoisotopic (exact) mass is 504 g/mol. The zero-order valence-corrected chi connectivity index (χ0v) is 21.9. The average molecular weight is 505 g/mol. The third-order valence-electron chi connectivity index (χ3n) is 7.44. The van der Waals surface area contributed by atoms with Gasteiger partial charge >= 0.3 is 5.97 Å². The Kier molecular flexibility index (Phi) is 5.71. The van der Waals surface area contributed by atoms with E-state index in [0.29, 0.717) is 12.6 Å². The molecule has 0 atom stereocenters. The smallest absolute Gasteiger partial charge is 0.307 e. The van der Waals surface area contributed by atoms with Crippen LogP contribution in [0.5, 0.6) is 5.75 Å². The van der Waals surface area contributed by atoms with Crippen molar-refractivity contribution in [2.24, 2.45) is 0 Å². The molecule has 190 valence electrons. The van der Waals surface area contributed by atoms with Crippen molar-refractivity contribution in [1.82, 2.24) is 15.0 Å². The standard InChI is InChI=1S/C31H28N4O3/c1-17-13-25-18(2)21(20-15-33-31(34-16-20)35(3)4)5-6-22(25)29(24(17)14-27(36)37)23-7-8-26-28-19(10-12-38-26)9-11-32-30(23)28/h5-9,11,13,15-16H,10,12,14H2,1-4H3,(H,36,37). The molecule has 5 aromatic rings. The van der Waals surface area contributed by atoms with E-state index in [0.717, 1.165) is 72.8 Å². The molecule has 0 radical (unpaired) electrons. The molecule has 0 saturated heterocycles. The molecule has 3 aromatic carbocycles. The van der Waals surface area contributed by atoms with E-state index < -0.39 is 5.97 Å². The van der Waals surface area contributed by atoms with E-state index in [4.69, 9.17) is 9.72 Å². The molecular formula is C31H28N4O3. The first-order chi connectivity index (χ1) is 18.3. The molecule has 7 nitrogen and oxygen atoms in total. The van der Waals surface area contributed by atoms with Gasteiger partial charge in [-0.3, -0.25) is 9.78 Å². The number of hydrogen-bond donors (Lipinski definition) is 1. The summed E-state index contributed by atoms with van der Waals surface area (Å²) in [5, 5.41) is 12.9. The Morgan fingerprint density at radius 3 is 2.50 bits per heavy atom. The lowest BCUT2D eigenvalue weighted by Crippen LogP contribution is -2.12. The molecule has 0 bridgehead atoms. The van der Waals surface area contributed by atoms with Crippen LogP contribution in [0.4, 0.5) is 5.95 Å². The quantitative estimate of drug-likeness (QED) is 0.326. The maximum atomic E-state index is 12.0. The van der Waals surface area contributed by atoms with Crippen molar-refractivity contribution < 1.29 is 14.6 Å². The van der Waals surface area contributed by atoms with E-state index in [1.54, 1.807) is 0 Å². The third kappa shape index (κ3) is 3.82. The predicted octanol–water partition coefficient (Wildman–Crippen LogP) is 5.76. The summed E-state index contributed by atoms with van der Waals surface area (Å²) in [5.74, 6) is 0.622. The van der Waals surface area contributed by atoms with Gasteiger partial charge in [0.25, 0.3) is 0 Å². The van der Waals surface area contributed by atoms with Crippen LogP contribution in [0.1, 0.15) is 22.3 Å². The Balaban J connectivity index is 1.64. The first-order valence-corrected chi connectivity index (χ1v) is 12.6. The number of anilines is 1. The molecule has 0 amide bonds. The van der Waals surface area contributed by atoms with Crippen molar-refractivity contribution in [3.8, 4) is 28.0 Å². The Hall–Kier alpha value is -4.52. The van der Waals surface area contributed by atoms with Gasteiger partial charge in [-0.05, 0) is 76.2 Å². The molecule has 0 saturated carbocycles. The van der Waals surface area contributed by atoms with Crippen molar-refractivity contribution in [3.63, 3.8) is 0 Å². The number of benzene rings is 3. The van der Waals surface area contributed by atoms with Gasteiger partial charge in [-0.25, -0.2) is 9.97 Å². The maximum Gasteiger partial charge on any atom is 0.307 e. The molecule has 0 unspecified atom stereocenters. The number of aryl methyl sites for hydroxylation is 2. The van der Waals surface area contributed by atoms with Crippen molar-refractivity contribution in [2.75, 3.05) is 25.6 Å². The molecule has 1 N–H and O–H groups in total. The van der Waals surface area contributed by atoms with Crippen LogP contribution in [-0.2, 0) is 17.6 Å². The lowest BCUT2D eigenvalue weighted by molar-refractivity contribution is -0.136. The zero-order chi connectivity index (χ0) is 26.6. The highest BCUT2D eigenvalue weighted by atomic mass is 16.5. The summed E-state index contributed by atoms with van der Waals surface area (Å²) in [6, 6.07) is 12.3. The van der Waals surface area contributed by atoms with Gasteiger partial charge < -0.3 is 14.7 Å². The molecule has 0 fully saturated rings. The number of carboxylic acid groups (broad SMARTS) is 1. The number of ether oxygens (including phenoxy) is 1. The van der Waals surface area contributed by atoms with Gasteiger partial charge in [0, 0.05) is 55.6 Å². The van der Waals surface area contributed by atoms with E-state index in [-0.39, 0.29) is 6.42 Å². The van der Waals surface area contributed by atoms with Crippen molar-refractivity contribution in [2.45, 2.75) is 26.7 Å². The maximum absolute atomic E-state index is 12.0. The van der Waals surface area contributed by atoms with Crippen LogP contribution in [0.3, 0.4) is 0 Å². The molecular weight excluding hydrogens is 476 g/mol. The first-order valence-electron chi connectivity index (χ1n) is 12.6. The summed E-state index contributed by atoms with van der Waals surface area (Å²) in [6.45, 7) is 4.73. The number of aliphatic carboxylic acids is 1. The van der Waals surface area contributed by atoms with E-state index in [1.165, 1.54) is 5.56 Å². The Morgan fingerprint density at radius 1 is 1.00 bits per heavy atom. The second-order valence-electron chi connectivity index (χ2n) is 10.0. The minimum absolute atomic E-state index is 0.0722. The molecule has 1 aliphatic heterocycles. The summed E-state index contributed by atoms with van der Waals surface area (Å²) in [7, 11) is 3.83. The van der Waals surface area contributed by atoms with Crippen LogP contribution in [0.2, 0.25) is 0 Å². The van der Waals surface area contributed by atoms with Crippen LogP contribution in [0.15, 0.2) is 55.0 Å². The van der Waals surface area contributed by atoms with Crippen molar-refractivity contribution in [1.29, 1.82) is 0 Å². The second-order valence-corrected chi connectivity index (χ2v) is 10.0. The van der Waals surface area contributed by atoms with Gasteiger partial charge in [-0.2, -0.15) is 0 Å². The summed E-state index contributed by atoms with van der Waals surface area (Å²) in [5.41, 5.74) is 8.69. The van der Waals surface area contributed by atoms with Crippen LogP contribution >= 0.6 is 0 Å². The Morgan fingerprint density at radius 2 is 1.76 bits per heavy atom. The summed E-state index contributed by atoms with van der Waals surface area (Å²) < 4.78 is 5.95. The molecule has 6 rings (SSSR count). The normalized spacial score (nSPS) is 12.5. The van der Waals surface area contributed by atoms with Crippen LogP contribution < -0.4 is 9.64 Å². The minimum Gasteiger partial charge on any atom is -0.493 e. The lowest BCUT2D eigenvalue weighted by Gasteiger charge is -2.22. The Labute approximate surface area is 220 Å². The van der Waals surface area contributed by atoms with E-state index in [9.17, 15) is 9.90 Å². The van der Waals surface area contributed by atoms with E-state index >= 15 is 0 Å². The fourth-order valence-corrected chi connectivity index (χ4v) is 5.59. The zero-order valence-electron chi connectivity index (χ0n) is 21.9. The van der Waals surface area contributed by atoms with Gasteiger partial charge in [0.05, 0.1) is 18.5 Å². The fraction of sp³-hybridized carbons (Fsp3) is 0.226. The van der Waals surface area contributed by atoms with Crippen LogP contribution in [0.25, 0.3) is 43.9 Å². The SMILES string of the molecule is Cc1cc2c(C)c(-c3cnc(N(C)C)nc3)ccc2c(-c2ccc3c4c(ccnc24)CCO3)c1CC(=O)O.